The molecule has 102 valence electrons. The zero-order valence-corrected chi connectivity index (χ0v) is 12.0. The largest absolute Gasteiger partial charge is 0.353 e. The second-order valence-corrected chi connectivity index (χ2v) is 5.10. The molecule has 0 saturated carbocycles. The molecule has 0 aliphatic carbocycles. The normalized spacial score (nSPS) is 10.9. The summed E-state index contributed by atoms with van der Waals surface area (Å²) < 4.78 is 0. The van der Waals surface area contributed by atoms with Gasteiger partial charge in [-0.1, -0.05) is 29.8 Å². The molecule has 2 heterocycles. The first-order valence-electron chi connectivity index (χ1n) is 6.27. The number of rotatable bonds is 3. The van der Waals surface area contributed by atoms with E-state index in [1.807, 2.05) is 11.9 Å². The molecule has 5 nitrogen and oxygen atoms in total. The number of aromatic nitrogens is 4. The van der Waals surface area contributed by atoms with Crippen molar-refractivity contribution in [3.05, 3.63) is 47.0 Å². The van der Waals surface area contributed by atoms with Crippen molar-refractivity contribution < 1.29 is 0 Å². The number of aryl methyl sites for hydroxylation is 1. The van der Waals surface area contributed by atoms with E-state index in [1.165, 1.54) is 11.1 Å². The van der Waals surface area contributed by atoms with E-state index in [0.29, 0.717) is 5.65 Å². The molecule has 0 radical (unpaired) electrons. The van der Waals surface area contributed by atoms with E-state index in [1.54, 1.807) is 6.33 Å². The van der Waals surface area contributed by atoms with Crippen LogP contribution in [0, 0.1) is 6.92 Å². The van der Waals surface area contributed by atoms with Crippen molar-refractivity contribution in [3.8, 4) is 0 Å². The van der Waals surface area contributed by atoms with Gasteiger partial charge in [-0.3, -0.25) is 0 Å². The zero-order valence-electron chi connectivity index (χ0n) is 11.3. The summed E-state index contributed by atoms with van der Waals surface area (Å²) in [6.45, 7) is 2.82. The Bertz CT molecular complexity index is 752. The lowest BCUT2D eigenvalue weighted by molar-refractivity contribution is 0.897. The Kier molecular flexibility index (Phi) is 3.28. The average Bonchev–Trinajstić information content (AvgIpc) is 2.85. The monoisotopic (exact) mass is 287 g/mol. The topological polar surface area (TPSA) is 57.7 Å². The SMILES string of the molecule is Cc1cccc(CN(C)c2nc(Cl)nc3nc[nH]c23)c1. The lowest BCUT2D eigenvalue weighted by Crippen LogP contribution is -2.18. The third-order valence-corrected chi connectivity index (χ3v) is 3.27. The van der Waals surface area contributed by atoms with E-state index in [-0.39, 0.29) is 5.28 Å². The molecule has 0 amide bonds. The Morgan fingerprint density at radius 2 is 2.15 bits per heavy atom. The second-order valence-electron chi connectivity index (χ2n) is 4.76. The predicted molar refractivity (Wildman–Crippen MR) is 80.0 cm³/mol. The Morgan fingerprint density at radius 1 is 1.30 bits per heavy atom. The first-order chi connectivity index (χ1) is 9.63. The molecular formula is C14H14ClN5. The van der Waals surface area contributed by atoms with Gasteiger partial charge in [0.25, 0.3) is 0 Å². The molecule has 0 aliphatic rings. The van der Waals surface area contributed by atoms with Crippen LogP contribution in [-0.4, -0.2) is 27.0 Å². The van der Waals surface area contributed by atoms with Crippen LogP contribution in [0.5, 0.6) is 0 Å². The molecule has 0 fully saturated rings. The molecule has 2 aromatic heterocycles. The first-order valence-corrected chi connectivity index (χ1v) is 6.64. The van der Waals surface area contributed by atoms with E-state index < -0.39 is 0 Å². The van der Waals surface area contributed by atoms with Crippen LogP contribution in [-0.2, 0) is 6.54 Å². The van der Waals surface area contributed by atoms with Crippen LogP contribution >= 0.6 is 11.6 Å². The number of H-pyrrole nitrogens is 1. The van der Waals surface area contributed by atoms with Crippen LogP contribution in [0.2, 0.25) is 5.28 Å². The number of benzene rings is 1. The highest BCUT2D eigenvalue weighted by molar-refractivity contribution is 6.28. The summed E-state index contributed by atoms with van der Waals surface area (Å²) in [5, 5.41) is 0.204. The molecule has 0 saturated heterocycles. The smallest absolute Gasteiger partial charge is 0.226 e. The maximum atomic E-state index is 5.95. The summed E-state index contributed by atoms with van der Waals surface area (Å²) in [4.78, 5) is 17.6. The molecular weight excluding hydrogens is 274 g/mol. The van der Waals surface area contributed by atoms with E-state index in [9.17, 15) is 0 Å². The van der Waals surface area contributed by atoms with Crippen LogP contribution in [0.3, 0.4) is 0 Å². The molecule has 0 spiro atoms. The summed E-state index contributed by atoms with van der Waals surface area (Å²) in [5.74, 6) is 0.749. The fraction of sp³-hybridized carbons (Fsp3) is 0.214. The van der Waals surface area contributed by atoms with Gasteiger partial charge in [-0.15, -0.1) is 0 Å². The highest BCUT2D eigenvalue weighted by Crippen LogP contribution is 2.23. The van der Waals surface area contributed by atoms with E-state index in [0.717, 1.165) is 17.9 Å². The predicted octanol–water partition coefficient (Wildman–Crippen LogP) is 2.95. The van der Waals surface area contributed by atoms with Crippen LogP contribution in [0.1, 0.15) is 11.1 Å². The van der Waals surface area contributed by atoms with Gasteiger partial charge in [-0.25, -0.2) is 4.98 Å². The molecule has 6 heteroatoms. The van der Waals surface area contributed by atoms with Gasteiger partial charge in [0.15, 0.2) is 11.5 Å². The maximum absolute atomic E-state index is 5.95. The number of imidazole rings is 1. The quantitative estimate of drug-likeness (QED) is 0.753. The molecule has 0 unspecified atom stereocenters. The summed E-state index contributed by atoms with van der Waals surface area (Å²) in [7, 11) is 1.97. The number of fused-ring (bicyclic) bond motifs is 1. The van der Waals surface area contributed by atoms with Gasteiger partial charge >= 0.3 is 0 Å². The van der Waals surface area contributed by atoms with Crippen molar-refractivity contribution >= 4 is 28.6 Å². The number of nitrogens with zero attached hydrogens (tertiary/aromatic N) is 4. The standard InChI is InChI=1S/C14H14ClN5/c1-9-4-3-5-10(6-9)7-20(2)13-11-12(17-8-16-11)18-14(15)19-13/h3-6,8H,7H2,1-2H3,(H,16,17,18,19). The Hall–Kier alpha value is -2.14. The lowest BCUT2D eigenvalue weighted by atomic mass is 10.1. The number of aromatic amines is 1. The minimum atomic E-state index is 0.204. The summed E-state index contributed by atoms with van der Waals surface area (Å²) in [6, 6.07) is 8.38. The van der Waals surface area contributed by atoms with E-state index >= 15 is 0 Å². The molecule has 20 heavy (non-hydrogen) atoms. The molecule has 3 rings (SSSR count). The third-order valence-electron chi connectivity index (χ3n) is 3.10. The fourth-order valence-electron chi connectivity index (χ4n) is 2.23. The fourth-order valence-corrected chi connectivity index (χ4v) is 2.39. The van der Waals surface area contributed by atoms with Gasteiger partial charge < -0.3 is 9.88 Å². The maximum Gasteiger partial charge on any atom is 0.226 e. The summed E-state index contributed by atoms with van der Waals surface area (Å²) in [5.41, 5.74) is 3.83. The van der Waals surface area contributed by atoms with Crippen molar-refractivity contribution in [3.63, 3.8) is 0 Å². The summed E-state index contributed by atoms with van der Waals surface area (Å²) in [6.07, 6.45) is 1.60. The number of hydrogen-bond donors (Lipinski definition) is 1. The third kappa shape index (κ3) is 2.44. The molecule has 0 aliphatic heterocycles. The molecule has 1 aromatic carbocycles. The molecule has 3 aromatic rings. The lowest BCUT2D eigenvalue weighted by Gasteiger charge is -2.19. The Labute approximate surface area is 121 Å². The van der Waals surface area contributed by atoms with Crippen LogP contribution in [0.4, 0.5) is 5.82 Å². The number of hydrogen-bond acceptors (Lipinski definition) is 4. The van der Waals surface area contributed by atoms with Crippen LogP contribution in [0.25, 0.3) is 11.2 Å². The van der Waals surface area contributed by atoms with E-state index in [4.69, 9.17) is 11.6 Å². The first kappa shape index (κ1) is 12.9. The zero-order chi connectivity index (χ0) is 14.1. The van der Waals surface area contributed by atoms with Gasteiger partial charge in [-0.05, 0) is 24.1 Å². The van der Waals surface area contributed by atoms with Gasteiger partial charge in [0, 0.05) is 13.6 Å². The number of anilines is 1. The minimum absolute atomic E-state index is 0.204. The van der Waals surface area contributed by atoms with Crippen molar-refractivity contribution in [2.24, 2.45) is 0 Å². The van der Waals surface area contributed by atoms with E-state index in [2.05, 4.69) is 51.1 Å². The van der Waals surface area contributed by atoms with Crippen LogP contribution in [0.15, 0.2) is 30.6 Å². The Morgan fingerprint density at radius 3 is 2.95 bits per heavy atom. The van der Waals surface area contributed by atoms with Crippen molar-refractivity contribution in [2.45, 2.75) is 13.5 Å². The van der Waals surface area contributed by atoms with Gasteiger partial charge in [-0.2, -0.15) is 9.97 Å². The number of halogens is 1. The van der Waals surface area contributed by atoms with Gasteiger partial charge in [0.1, 0.15) is 5.52 Å². The van der Waals surface area contributed by atoms with Crippen molar-refractivity contribution in [1.29, 1.82) is 0 Å². The molecule has 0 bridgehead atoms. The highest BCUT2D eigenvalue weighted by atomic mass is 35.5. The number of nitrogens with one attached hydrogen (secondary N) is 1. The van der Waals surface area contributed by atoms with Crippen molar-refractivity contribution in [1.82, 2.24) is 19.9 Å². The van der Waals surface area contributed by atoms with Crippen LogP contribution < -0.4 is 4.90 Å². The summed E-state index contributed by atoms with van der Waals surface area (Å²) >= 11 is 5.95. The van der Waals surface area contributed by atoms with Gasteiger partial charge in [0.05, 0.1) is 6.33 Å². The molecule has 0 atom stereocenters. The Balaban J connectivity index is 1.96. The second kappa shape index (κ2) is 5.09. The minimum Gasteiger partial charge on any atom is -0.353 e. The van der Waals surface area contributed by atoms with Gasteiger partial charge in [0.2, 0.25) is 5.28 Å². The highest BCUT2D eigenvalue weighted by Gasteiger charge is 2.13. The average molecular weight is 288 g/mol. The molecule has 1 N–H and O–H groups in total. The van der Waals surface area contributed by atoms with Crippen molar-refractivity contribution in [2.75, 3.05) is 11.9 Å².